The van der Waals surface area contributed by atoms with Crippen molar-refractivity contribution in [3.8, 4) is 0 Å². The van der Waals surface area contributed by atoms with Gasteiger partial charge in [0.05, 0.1) is 6.42 Å². The minimum absolute atomic E-state index is 0.0370. The van der Waals surface area contributed by atoms with Gasteiger partial charge in [-0.2, -0.15) is 0 Å². The van der Waals surface area contributed by atoms with Crippen molar-refractivity contribution in [1.82, 2.24) is 0 Å². The van der Waals surface area contributed by atoms with Crippen LogP contribution in [0.2, 0.25) is 0 Å². The summed E-state index contributed by atoms with van der Waals surface area (Å²) in [5.74, 6) is -2.50. The number of ether oxygens (including phenoxy) is 2. The molecule has 1 atom stereocenters. The molecule has 7 nitrogen and oxygen atoms in total. The fraction of sp³-hybridized carbons (Fsp3) is 0.800. The Morgan fingerprint density at radius 2 is 1.59 bits per heavy atom. The Morgan fingerprint density at radius 1 is 1.18 bits per heavy atom. The first-order valence-corrected chi connectivity index (χ1v) is 5.28. The van der Waals surface area contributed by atoms with E-state index >= 15 is 0 Å². The molecule has 0 amide bonds. The van der Waals surface area contributed by atoms with Gasteiger partial charge in [-0.15, -0.1) is 0 Å². The summed E-state index contributed by atoms with van der Waals surface area (Å²) in [6.07, 6.45) is -0.569. The lowest BCUT2D eigenvalue weighted by Gasteiger charge is -2.09. The molecule has 0 fully saturated rings. The first kappa shape index (κ1) is 18.2. The molecular formula is C10H21NO6. The smallest absolute Gasteiger partial charge is 0.321 e. The molecule has 0 aromatic rings. The summed E-state index contributed by atoms with van der Waals surface area (Å²) in [5.41, 5.74) is 4.84. The van der Waals surface area contributed by atoms with Crippen LogP contribution >= 0.6 is 0 Å². The van der Waals surface area contributed by atoms with Crippen LogP contribution in [0.5, 0.6) is 0 Å². The molecular weight excluding hydrogens is 230 g/mol. The third kappa shape index (κ3) is 14.8. The number of aliphatic carboxylic acids is 2. The Labute approximate surface area is 101 Å². The van der Waals surface area contributed by atoms with Crippen molar-refractivity contribution >= 4 is 11.9 Å². The zero-order valence-corrected chi connectivity index (χ0v) is 10.4. The van der Waals surface area contributed by atoms with Gasteiger partial charge in [-0.25, -0.2) is 0 Å². The highest BCUT2D eigenvalue weighted by Crippen LogP contribution is 1.90. The standard InChI is InChI=1S/C6H14O2.C4H7NO4/c1-4-7-6(3)8-5-2;5-2(4(8)9)1-3(6)7/h6H,4-5H2,1-3H3;2H,1,5H2,(H,6,7)(H,8,9). The molecule has 0 saturated heterocycles. The SMILES string of the molecule is CCOC(C)OCC.NC(CC(=O)O)C(=O)O. The van der Waals surface area contributed by atoms with Crippen LogP contribution in [-0.2, 0) is 19.1 Å². The largest absolute Gasteiger partial charge is 0.481 e. The van der Waals surface area contributed by atoms with E-state index in [1.54, 1.807) is 0 Å². The molecule has 0 aliphatic rings. The third-order valence-electron chi connectivity index (χ3n) is 1.51. The summed E-state index contributed by atoms with van der Waals surface area (Å²) in [4.78, 5) is 19.6. The van der Waals surface area contributed by atoms with Crippen LogP contribution in [0, 0.1) is 0 Å². The van der Waals surface area contributed by atoms with E-state index in [0.29, 0.717) is 0 Å². The summed E-state index contributed by atoms with van der Waals surface area (Å²) in [7, 11) is 0. The van der Waals surface area contributed by atoms with Gasteiger partial charge in [0.2, 0.25) is 0 Å². The summed E-state index contributed by atoms with van der Waals surface area (Å²) in [6, 6.07) is -1.29. The van der Waals surface area contributed by atoms with Gasteiger partial charge in [-0.05, 0) is 20.8 Å². The van der Waals surface area contributed by atoms with E-state index in [9.17, 15) is 9.59 Å². The second kappa shape index (κ2) is 11.3. The number of hydrogen-bond donors (Lipinski definition) is 3. The summed E-state index contributed by atoms with van der Waals surface area (Å²) in [6.45, 7) is 7.25. The van der Waals surface area contributed by atoms with Crippen molar-refractivity contribution < 1.29 is 29.3 Å². The lowest BCUT2D eigenvalue weighted by atomic mass is 10.2. The molecule has 0 spiro atoms. The number of carboxylic acids is 2. The van der Waals surface area contributed by atoms with Gasteiger partial charge in [0.25, 0.3) is 0 Å². The first-order chi connectivity index (χ1) is 7.84. The number of carboxylic acid groups (broad SMARTS) is 2. The van der Waals surface area contributed by atoms with Crippen LogP contribution in [-0.4, -0.2) is 47.7 Å². The van der Waals surface area contributed by atoms with Crippen LogP contribution in [0.15, 0.2) is 0 Å². The number of carbonyl (C=O) groups is 2. The second-order valence-corrected chi connectivity index (χ2v) is 3.02. The Balaban J connectivity index is 0. The predicted molar refractivity (Wildman–Crippen MR) is 60.6 cm³/mol. The topological polar surface area (TPSA) is 119 Å². The van der Waals surface area contributed by atoms with Crippen LogP contribution in [0.4, 0.5) is 0 Å². The van der Waals surface area contributed by atoms with Crippen molar-refractivity contribution in [3.63, 3.8) is 0 Å². The average molecular weight is 251 g/mol. The molecule has 0 saturated carbocycles. The van der Waals surface area contributed by atoms with Crippen molar-refractivity contribution in [1.29, 1.82) is 0 Å². The van der Waals surface area contributed by atoms with Crippen LogP contribution in [0.25, 0.3) is 0 Å². The molecule has 0 heterocycles. The van der Waals surface area contributed by atoms with Gasteiger partial charge in [0.1, 0.15) is 6.04 Å². The van der Waals surface area contributed by atoms with Crippen LogP contribution < -0.4 is 5.73 Å². The molecule has 17 heavy (non-hydrogen) atoms. The van der Waals surface area contributed by atoms with Crippen LogP contribution in [0.1, 0.15) is 27.2 Å². The van der Waals surface area contributed by atoms with Gasteiger partial charge in [-0.3, -0.25) is 9.59 Å². The first-order valence-electron chi connectivity index (χ1n) is 5.28. The predicted octanol–water partition coefficient (Wildman–Crippen LogP) is 0.278. The van der Waals surface area contributed by atoms with Gasteiger partial charge >= 0.3 is 11.9 Å². The summed E-state index contributed by atoms with van der Waals surface area (Å²) >= 11 is 0. The molecule has 7 heteroatoms. The van der Waals surface area contributed by atoms with E-state index in [0.717, 1.165) is 13.2 Å². The van der Waals surface area contributed by atoms with Gasteiger partial charge in [-0.1, -0.05) is 0 Å². The Morgan fingerprint density at radius 3 is 1.76 bits per heavy atom. The highest BCUT2D eigenvalue weighted by molar-refractivity contribution is 5.80. The Hall–Kier alpha value is -1.18. The maximum Gasteiger partial charge on any atom is 0.321 e. The number of nitrogens with two attached hydrogens (primary N) is 1. The number of hydrogen-bond acceptors (Lipinski definition) is 5. The lowest BCUT2D eigenvalue weighted by Crippen LogP contribution is -2.32. The van der Waals surface area contributed by atoms with Crippen molar-refractivity contribution in [2.75, 3.05) is 13.2 Å². The van der Waals surface area contributed by atoms with Crippen molar-refractivity contribution in [2.24, 2.45) is 5.73 Å². The van der Waals surface area contributed by atoms with Gasteiger partial charge in [0.15, 0.2) is 6.29 Å². The highest BCUT2D eigenvalue weighted by Gasteiger charge is 2.14. The summed E-state index contributed by atoms with van der Waals surface area (Å²) < 4.78 is 10.1. The van der Waals surface area contributed by atoms with E-state index in [-0.39, 0.29) is 6.29 Å². The Bertz CT molecular complexity index is 215. The maximum absolute atomic E-state index is 9.85. The van der Waals surface area contributed by atoms with E-state index < -0.39 is 24.4 Å². The van der Waals surface area contributed by atoms with E-state index in [4.69, 9.17) is 25.4 Å². The maximum atomic E-state index is 9.85. The molecule has 4 N–H and O–H groups in total. The molecule has 0 bridgehead atoms. The Kier molecular flexibility index (Phi) is 12.1. The zero-order chi connectivity index (χ0) is 13.8. The van der Waals surface area contributed by atoms with Gasteiger partial charge < -0.3 is 25.4 Å². The molecule has 0 aliphatic heterocycles. The molecule has 0 aliphatic carbocycles. The minimum atomic E-state index is -1.29. The third-order valence-corrected chi connectivity index (χ3v) is 1.51. The summed E-state index contributed by atoms with van der Waals surface area (Å²) in [5, 5.41) is 16.0. The van der Waals surface area contributed by atoms with Crippen molar-refractivity contribution in [3.05, 3.63) is 0 Å². The number of rotatable bonds is 7. The fourth-order valence-electron chi connectivity index (χ4n) is 0.793. The van der Waals surface area contributed by atoms with Crippen molar-refractivity contribution in [2.45, 2.75) is 39.5 Å². The van der Waals surface area contributed by atoms with Gasteiger partial charge in [0, 0.05) is 13.2 Å². The molecule has 0 rings (SSSR count). The van der Waals surface area contributed by atoms with Crippen LogP contribution in [0.3, 0.4) is 0 Å². The highest BCUT2D eigenvalue weighted by atomic mass is 16.7. The normalized spacial score (nSPS) is 11.6. The van der Waals surface area contributed by atoms with E-state index in [1.807, 2.05) is 20.8 Å². The monoisotopic (exact) mass is 251 g/mol. The molecule has 1 unspecified atom stereocenters. The fourth-order valence-corrected chi connectivity index (χ4v) is 0.793. The zero-order valence-electron chi connectivity index (χ0n) is 10.4. The molecule has 0 aromatic carbocycles. The second-order valence-electron chi connectivity index (χ2n) is 3.02. The van der Waals surface area contributed by atoms with E-state index in [2.05, 4.69) is 0 Å². The lowest BCUT2D eigenvalue weighted by molar-refractivity contribution is -0.144. The molecule has 102 valence electrons. The molecule has 0 radical (unpaired) electrons. The van der Waals surface area contributed by atoms with E-state index in [1.165, 1.54) is 0 Å². The average Bonchev–Trinajstić information content (AvgIpc) is 2.18. The molecule has 0 aromatic heterocycles. The quantitative estimate of drug-likeness (QED) is 0.556. The minimum Gasteiger partial charge on any atom is -0.481 e.